The quantitative estimate of drug-likeness (QED) is 0.721. The van der Waals surface area contributed by atoms with Crippen LogP contribution < -0.4 is 5.32 Å². The molecule has 0 spiro atoms. The average molecular weight is 197 g/mol. The summed E-state index contributed by atoms with van der Waals surface area (Å²) in [6.45, 7) is 3.78. The first-order valence-electron chi connectivity index (χ1n) is 4.31. The zero-order chi connectivity index (χ0) is 9.52. The molecule has 1 N–H and O–H groups in total. The van der Waals surface area contributed by atoms with Gasteiger partial charge < -0.3 is 5.32 Å². The summed E-state index contributed by atoms with van der Waals surface area (Å²) in [7, 11) is 0. The van der Waals surface area contributed by atoms with Crippen LogP contribution in [0.1, 0.15) is 11.5 Å². The van der Waals surface area contributed by atoms with Crippen LogP contribution in [0.4, 0.5) is 0 Å². The third-order valence-corrected chi connectivity index (χ3v) is 2.24. The van der Waals surface area contributed by atoms with Crippen molar-refractivity contribution in [3.63, 3.8) is 0 Å². The maximum Gasteiger partial charge on any atom is 0.125 e. The van der Waals surface area contributed by atoms with Crippen molar-refractivity contribution in [2.45, 2.75) is 13.5 Å². The van der Waals surface area contributed by atoms with Crippen molar-refractivity contribution in [2.24, 2.45) is 0 Å². The Kier molecular flexibility index (Phi) is 4.78. The number of nitrogens with zero attached hydrogens (tertiary/aromatic N) is 2. The van der Waals surface area contributed by atoms with Crippen molar-refractivity contribution in [3.8, 4) is 0 Å². The van der Waals surface area contributed by atoms with Crippen LogP contribution in [-0.2, 0) is 6.54 Å². The number of aromatic nitrogens is 2. The normalized spacial score (nSPS) is 10.3. The molecule has 0 bridgehead atoms. The van der Waals surface area contributed by atoms with Crippen molar-refractivity contribution in [1.29, 1.82) is 0 Å². The van der Waals surface area contributed by atoms with Gasteiger partial charge in [-0.25, -0.2) is 9.97 Å². The fourth-order valence-corrected chi connectivity index (χ4v) is 1.34. The highest BCUT2D eigenvalue weighted by Gasteiger charge is 1.93. The van der Waals surface area contributed by atoms with E-state index in [0.717, 1.165) is 30.4 Å². The molecule has 4 heteroatoms. The Morgan fingerprint density at radius 1 is 1.54 bits per heavy atom. The zero-order valence-corrected chi connectivity index (χ0v) is 8.90. The van der Waals surface area contributed by atoms with Gasteiger partial charge in [-0.2, -0.15) is 11.8 Å². The minimum atomic E-state index is 0.837. The first-order valence-corrected chi connectivity index (χ1v) is 5.70. The second-order valence-electron chi connectivity index (χ2n) is 2.76. The van der Waals surface area contributed by atoms with Gasteiger partial charge in [-0.15, -0.1) is 0 Å². The molecule has 3 nitrogen and oxygen atoms in total. The minimum absolute atomic E-state index is 0.837. The van der Waals surface area contributed by atoms with Crippen LogP contribution in [0.15, 0.2) is 12.3 Å². The number of thioether (sulfide) groups is 1. The van der Waals surface area contributed by atoms with E-state index >= 15 is 0 Å². The lowest BCUT2D eigenvalue weighted by Crippen LogP contribution is -2.17. The molecule has 0 aromatic carbocycles. The molecule has 0 aliphatic carbocycles. The Balaban J connectivity index is 2.28. The van der Waals surface area contributed by atoms with Gasteiger partial charge in [-0.05, 0) is 19.2 Å². The molecule has 0 saturated carbocycles. The van der Waals surface area contributed by atoms with Gasteiger partial charge in [0.05, 0.1) is 5.69 Å². The largest absolute Gasteiger partial charge is 0.310 e. The van der Waals surface area contributed by atoms with E-state index in [4.69, 9.17) is 0 Å². The van der Waals surface area contributed by atoms with Crippen LogP contribution in [0, 0.1) is 6.92 Å². The first-order chi connectivity index (χ1) is 6.33. The third kappa shape index (κ3) is 4.24. The molecule has 0 unspecified atom stereocenters. The van der Waals surface area contributed by atoms with Gasteiger partial charge in [0, 0.05) is 25.0 Å². The summed E-state index contributed by atoms with van der Waals surface area (Å²) in [6.07, 6.45) is 3.91. The summed E-state index contributed by atoms with van der Waals surface area (Å²) in [4.78, 5) is 8.33. The molecule has 0 saturated heterocycles. The lowest BCUT2D eigenvalue weighted by molar-refractivity contribution is 0.709. The van der Waals surface area contributed by atoms with Crippen molar-refractivity contribution in [2.75, 3.05) is 18.6 Å². The third-order valence-electron chi connectivity index (χ3n) is 1.62. The second kappa shape index (κ2) is 5.94. The van der Waals surface area contributed by atoms with E-state index < -0.39 is 0 Å². The van der Waals surface area contributed by atoms with Crippen molar-refractivity contribution in [3.05, 3.63) is 23.8 Å². The number of hydrogen-bond donors (Lipinski definition) is 1. The molecule has 1 aromatic rings. The molecule has 1 heterocycles. The average Bonchev–Trinajstić information content (AvgIpc) is 2.13. The van der Waals surface area contributed by atoms with Gasteiger partial charge in [0.15, 0.2) is 0 Å². The van der Waals surface area contributed by atoms with Gasteiger partial charge in [-0.1, -0.05) is 0 Å². The zero-order valence-electron chi connectivity index (χ0n) is 8.08. The van der Waals surface area contributed by atoms with Crippen LogP contribution in [0.25, 0.3) is 0 Å². The molecule has 0 fully saturated rings. The van der Waals surface area contributed by atoms with Crippen LogP contribution in [-0.4, -0.2) is 28.5 Å². The summed E-state index contributed by atoms with van der Waals surface area (Å²) in [5.74, 6) is 1.98. The van der Waals surface area contributed by atoms with Gasteiger partial charge in [0.1, 0.15) is 5.82 Å². The Morgan fingerprint density at radius 2 is 2.38 bits per heavy atom. The molecule has 13 heavy (non-hydrogen) atoms. The Bertz CT molecular complexity index is 252. The predicted octanol–water partition coefficient (Wildman–Crippen LogP) is 1.24. The topological polar surface area (TPSA) is 37.8 Å². The standard InChI is InChI=1S/C9H15N3S/c1-8-11-4-3-9(12-8)7-10-5-6-13-2/h3-4,10H,5-7H2,1-2H3. The van der Waals surface area contributed by atoms with Gasteiger partial charge in [-0.3, -0.25) is 0 Å². The second-order valence-corrected chi connectivity index (χ2v) is 3.75. The van der Waals surface area contributed by atoms with Gasteiger partial charge in [0.25, 0.3) is 0 Å². The molecule has 0 aliphatic rings. The molecular weight excluding hydrogens is 182 g/mol. The van der Waals surface area contributed by atoms with Crippen molar-refractivity contribution in [1.82, 2.24) is 15.3 Å². The lowest BCUT2D eigenvalue weighted by Gasteiger charge is -2.02. The van der Waals surface area contributed by atoms with E-state index in [0.29, 0.717) is 0 Å². The molecule has 1 aromatic heterocycles. The maximum absolute atomic E-state index is 4.29. The van der Waals surface area contributed by atoms with E-state index in [2.05, 4.69) is 21.5 Å². The Morgan fingerprint density at radius 3 is 3.08 bits per heavy atom. The highest BCUT2D eigenvalue weighted by Crippen LogP contribution is 1.94. The number of rotatable bonds is 5. The number of nitrogens with one attached hydrogen (secondary N) is 1. The van der Waals surface area contributed by atoms with Crippen molar-refractivity contribution < 1.29 is 0 Å². The molecule has 0 radical (unpaired) electrons. The van der Waals surface area contributed by atoms with E-state index in [1.807, 2.05) is 24.8 Å². The van der Waals surface area contributed by atoms with E-state index in [9.17, 15) is 0 Å². The SMILES string of the molecule is CSCCNCc1ccnc(C)n1. The fraction of sp³-hybridized carbons (Fsp3) is 0.556. The summed E-state index contributed by atoms with van der Waals surface area (Å²) in [6, 6.07) is 1.94. The van der Waals surface area contributed by atoms with E-state index in [1.54, 1.807) is 6.20 Å². The highest BCUT2D eigenvalue weighted by molar-refractivity contribution is 7.98. The Labute approximate surface area is 83.4 Å². The maximum atomic E-state index is 4.29. The molecular formula is C9H15N3S. The highest BCUT2D eigenvalue weighted by atomic mass is 32.2. The number of hydrogen-bond acceptors (Lipinski definition) is 4. The van der Waals surface area contributed by atoms with Crippen LogP contribution >= 0.6 is 11.8 Å². The van der Waals surface area contributed by atoms with Gasteiger partial charge >= 0.3 is 0 Å². The summed E-state index contributed by atoms with van der Waals surface area (Å²) in [5, 5.41) is 3.32. The van der Waals surface area contributed by atoms with E-state index in [-0.39, 0.29) is 0 Å². The molecule has 0 atom stereocenters. The van der Waals surface area contributed by atoms with Gasteiger partial charge in [0.2, 0.25) is 0 Å². The summed E-state index contributed by atoms with van der Waals surface area (Å²) in [5.41, 5.74) is 1.06. The van der Waals surface area contributed by atoms with E-state index in [1.165, 1.54) is 0 Å². The number of aryl methyl sites for hydroxylation is 1. The Hall–Kier alpha value is -0.610. The first kappa shape index (κ1) is 10.5. The molecule has 0 aliphatic heterocycles. The minimum Gasteiger partial charge on any atom is -0.310 e. The summed E-state index contributed by atoms with van der Waals surface area (Å²) < 4.78 is 0. The summed E-state index contributed by atoms with van der Waals surface area (Å²) >= 11 is 1.84. The molecule has 0 amide bonds. The van der Waals surface area contributed by atoms with Crippen LogP contribution in [0.2, 0.25) is 0 Å². The van der Waals surface area contributed by atoms with Crippen molar-refractivity contribution >= 4 is 11.8 Å². The fourth-order valence-electron chi connectivity index (χ4n) is 0.994. The van der Waals surface area contributed by atoms with Crippen LogP contribution in [0.3, 0.4) is 0 Å². The lowest BCUT2D eigenvalue weighted by atomic mass is 10.4. The molecule has 1 rings (SSSR count). The smallest absolute Gasteiger partial charge is 0.125 e. The monoisotopic (exact) mass is 197 g/mol. The van der Waals surface area contributed by atoms with Crippen LogP contribution in [0.5, 0.6) is 0 Å². The predicted molar refractivity (Wildman–Crippen MR) is 56.9 cm³/mol. The molecule has 72 valence electrons.